The second-order valence-electron chi connectivity index (χ2n) is 4.25. The van der Waals surface area contributed by atoms with Gasteiger partial charge in [-0.2, -0.15) is 0 Å². The molecule has 1 amide bonds. The highest BCUT2D eigenvalue weighted by atomic mass is 19.1. The second kappa shape index (κ2) is 8.02. The van der Waals surface area contributed by atoms with Gasteiger partial charge in [0, 0.05) is 19.2 Å². The maximum absolute atomic E-state index is 13.3. The van der Waals surface area contributed by atoms with Gasteiger partial charge >= 0.3 is 5.97 Å². The Morgan fingerprint density at radius 1 is 1.43 bits per heavy atom. The summed E-state index contributed by atoms with van der Waals surface area (Å²) in [6, 6.07) is 3.74. The number of halogens is 1. The molecule has 1 aromatic rings. The Balaban J connectivity index is 2.93. The van der Waals surface area contributed by atoms with Crippen LogP contribution in [0, 0.1) is 17.7 Å². The van der Waals surface area contributed by atoms with Gasteiger partial charge in [-0.05, 0) is 18.2 Å². The van der Waals surface area contributed by atoms with Crippen molar-refractivity contribution in [3.63, 3.8) is 0 Å². The standard InChI is InChI=1S/C15H17FN2O3/c1-18(9-7-14(19)21-2)15(20)13-6-5-12(16)10-11(13)4-3-8-17/h5-6,10H,7-9,17H2,1-2H3. The van der Waals surface area contributed by atoms with Gasteiger partial charge in [-0.3, -0.25) is 9.59 Å². The third-order valence-electron chi connectivity index (χ3n) is 2.76. The van der Waals surface area contributed by atoms with Crippen molar-refractivity contribution in [2.45, 2.75) is 6.42 Å². The van der Waals surface area contributed by atoms with Gasteiger partial charge in [-0.1, -0.05) is 11.8 Å². The van der Waals surface area contributed by atoms with E-state index in [9.17, 15) is 14.0 Å². The second-order valence-corrected chi connectivity index (χ2v) is 4.25. The maximum atomic E-state index is 13.3. The molecule has 0 radical (unpaired) electrons. The molecule has 6 heteroatoms. The zero-order valence-corrected chi connectivity index (χ0v) is 12.0. The lowest BCUT2D eigenvalue weighted by atomic mass is 10.1. The van der Waals surface area contributed by atoms with Crippen molar-refractivity contribution in [2.24, 2.45) is 5.73 Å². The molecule has 0 aliphatic heterocycles. The first-order valence-corrected chi connectivity index (χ1v) is 6.30. The van der Waals surface area contributed by atoms with Crippen LogP contribution in [0.15, 0.2) is 18.2 Å². The van der Waals surface area contributed by atoms with E-state index in [1.165, 1.54) is 30.2 Å². The molecule has 21 heavy (non-hydrogen) atoms. The number of carbonyl (C=O) groups is 2. The smallest absolute Gasteiger partial charge is 0.307 e. The average Bonchev–Trinajstić information content (AvgIpc) is 2.49. The monoisotopic (exact) mass is 292 g/mol. The minimum Gasteiger partial charge on any atom is -0.469 e. The van der Waals surface area contributed by atoms with E-state index in [2.05, 4.69) is 16.6 Å². The topological polar surface area (TPSA) is 72.6 Å². The molecule has 0 spiro atoms. The normalized spacial score (nSPS) is 9.52. The van der Waals surface area contributed by atoms with Crippen molar-refractivity contribution in [1.29, 1.82) is 0 Å². The summed E-state index contributed by atoms with van der Waals surface area (Å²) in [6.45, 7) is 0.314. The van der Waals surface area contributed by atoms with Crippen LogP contribution in [0.1, 0.15) is 22.3 Å². The molecule has 0 fully saturated rings. The van der Waals surface area contributed by atoms with Gasteiger partial charge in [0.15, 0.2) is 0 Å². The molecule has 0 saturated carbocycles. The first-order valence-electron chi connectivity index (χ1n) is 6.30. The lowest BCUT2D eigenvalue weighted by Gasteiger charge is -2.17. The summed E-state index contributed by atoms with van der Waals surface area (Å²) in [5.74, 6) is 4.03. The van der Waals surface area contributed by atoms with Gasteiger partial charge in [0.05, 0.1) is 25.6 Å². The molecule has 0 aliphatic carbocycles. The number of rotatable bonds is 4. The van der Waals surface area contributed by atoms with Crippen LogP contribution in [-0.2, 0) is 9.53 Å². The van der Waals surface area contributed by atoms with Crippen LogP contribution in [-0.4, -0.2) is 44.0 Å². The summed E-state index contributed by atoms with van der Waals surface area (Å²) in [5, 5.41) is 0. The van der Waals surface area contributed by atoms with Gasteiger partial charge < -0.3 is 15.4 Å². The molecule has 0 aromatic heterocycles. The highest BCUT2D eigenvalue weighted by molar-refractivity contribution is 5.96. The lowest BCUT2D eigenvalue weighted by molar-refractivity contribution is -0.140. The number of ether oxygens (including phenoxy) is 1. The highest BCUT2D eigenvalue weighted by Crippen LogP contribution is 2.13. The van der Waals surface area contributed by atoms with Crippen LogP contribution >= 0.6 is 0 Å². The number of hydrogen-bond donors (Lipinski definition) is 1. The van der Waals surface area contributed by atoms with E-state index in [0.717, 1.165) is 0 Å². The fourth-order valence-corrected chi connectivity index (χ4v) is 1.62. The van der Waals surface area contributed by atoms with Crippen molar-refractivity contribution in [2.75, 3.05) is 27.2 Å². The van der Waals surface area contributed by atoms with Gasteiger partial charge in [0.2, 0.25) is 0 Å². The fourth-order valence-electron chi connectivity index (χ4n) is 1.62. The fraction of sp³-hybridized carbons (Fsp3) is 0.333. The number of amides is 1. The van der Waals surface area contributed by atoms with Gasteiger partial charge in [0.1, 0.15) is 5.82 Å². The van der Waals surface area contributed by atoms with Crippen LogP contribution in [0.4, 0.5) is 4.39 Å². The van der Waals surface area contributed by atoms with E-state index in [0.29, 0.717) is 0 Å². The Morgan fingerprint density at radius 3 is 2.76 bits per heavy atom. The summed E-state index contributed by atoms with van der Waals surface area (Å²) in [6.07, 6.45) is 0.0871. The van der Waals surface area contributed by atoms with E-state index in [1.807, 2.05) is 0 Å². The van der Waals surface area contributed by atoms with Gasteiger partial charge in [-0.15, -0.1) is 0 Å². The Morgan fingerprint density at radius 2 is 2.14 bits per heavy atom. The summed E-state index contributed by atoms with van der Waals surface area (Å²) in [4.78, 5) is 24.7. The molecule has 0 bridgehead atoms. The van der Waals surface area contributed by atoms with Crippen molar-refractivity contribution < 1.29 is 18.7 Å². The Labute approximate surface area is 122 Å². The number of nitrogens with two attached hydrogens (primary N) is 1. The molecule has 0 atom stereocenters. The number of benzene rings is 1. The van der Waals surface area contributed by atoms with E-state index in [1.54, 1.807) is 7.05 Å². The number of nitrogens with zero attached hydrogens (tertiary/aromatic N) is 1. The molecule has 2 N–H and O–H groups in total. The first-order chi connectivity index (χ1) is 9.99. The molecule has 5 nitrogen and oxygen atoms in total. The predicted molar refractivity (Wildman–Crippen MR) is 75.9 cm³/mol. The summed E-state index contributed by atoms with van der Waals surface area (Å²) in [7, 11) is 2.83. The van der Waals surface area contributed by atoms with E-state index in [4.69, 9.17) is 5.73 Å². The average molecular weight is 292 g/mol. The molecule has 0 aliphatic rings. The lowest BCUT2D eigenvalue weighted by Crippen LogP contribution is -2.29. The molecular weight excluding hydrogens is 275 g/mol. The van der Waals surface area contributed by atoms with E-state index < -0.39 is 11.8 Å². The van der Waals surface area contributed by atoms with Crippen LogP contribution in [0.2, 0.25) is 0 Å². The zero-order chi connectivity index (χ0) is 15.8. The Hall–Kier alpha value is -2.39. The Kier molecular flexibility index (Phi) is 6.37. The van der Waals surface area contributed by atoms with E-state index >= 15 is 0 Å². The molecule has 0 heterocycles. The SMILES string of the molecule is COC(=O)CCN(C)C(=O)c1ccc(F)cc1C#CCN. The van der Waals surface area contributed by atoms with Crippen molar-refractivity contribution in [1.82, 2.24) is 4.90 Å². The molecular formula is C15H17FN2O3. The summed E-state index contributed by atoms with van der Waals surface area (Å²) in [5.41, 5.74) is 5.82. The molecule has 0 saturated heterocycles. The molecule has 0 unspecified atom stereocenters. The van der Waals surface area contributed by atoms with Crippen molar-refractivity contribution in [3.05, 3.63) is 35.1 Å². The van der Waals surface area contributed by atoms with E-state index in [-0.39, 0.29) is 36.5 Å². The number of carbonyl (C=O) groups excluding carboxylic acids is 2. The summed E-state index contributed by atoms with van der Waals surface area (Å²) < 4.78 is 17.8. The zero-order valence-electron chi connectivity index (χ0n) is 12.0. The number of esters is 1. The third-order valence-corrected chi connectivity index (χ3v) is 2.76. The predicted octanol–water partition coefficient (Wildman–Crippen LogP) is 0.771. The molecule has 1 aromatic carbocycles. The van der Waals surface area contributed by atoms with Gasteiger partial charge in [0.25, 0.3) is 5.91 Å². The Bertz CT molecular complexity index is 590. The van der Waals surface area contributed by atoms with Crippen molar-refractivity contribution >= 4 is 11.9 Å². The van der Waals surface area contributed by atoms with Crippen molar-refractivity contribution in [3.8, 4) is 11.8 Å². The minimum atomic E-state index is -0.481. The number of hydrogen-bond acceptors (Lipinski definition) is 4. The first kappa shape index (κ1) is 16.7. The third kappa shape index (κ3) is 4.89. The van der Waals surface area contributed by atoms with Crippen LogP contribution in [0.3, 0.4) is 0 Å². The van der Waals surface area contributed by atoms with Crippen LogP contribution < -0.4 is 5.73 Å². The molecule has 1 rings (SSSR count). The highest BCUT2D eigenvalue weighted by Gasteiger charge is 2.16. The van der Waals surface area contributed by atoms with Crippen LogP contribution in [0.25, 0.3) is 0 Å². The van der Waals surface area contributed by atoms with Gasteiger partial charge in [-0.25, -0.2) is 4.39 Å². The molecule has 112 valence electrons. The minimum absolute atomic E-state index is 0.0871. The number of methoxy groups -OCH3 is 1. The quantitative estimate of drug-likeness (QED) is 0.657. The summed E-state index contributed by atoms with van der Waals surface area (Å²) >= 11 is 0. The van der Waals surface area contributed by atoms with Crippen LogP contribution in [0.5, 0.6) is 0 Å². The maximum Gasteiger partial charge on any atom is 0.307 e. The largest absolute Gasteiger partial charge is 0.469 e.